The van der Waals surface area contributed by atoms with Gasteiger partial charge in [0.15, 0.2) is 0 Å². The van der Waals surface area contributed by atoms with E-state index in [1.54, 1.807) is 0 Å². The molecule has 1 aromatic heterocycles. The van der Waals surface area contributed by atoms with Crippen molar-refractivity contribution in [1.82, 2.24) is 14.9 Å². The highest BCUT2D eigenvalue weighted by Crippen LogP contribution is 2.27. The first-order valence-electron chi connectivity index (χ1n) is 7.95. The van der Waals surface area contributed by atoms with E-state index in [0.29, 0.717) is 12.6 Å². The van der Waals surface area contributed by atoms with E-state index in [-0.39, 0.29) is 6.10 Å². The average Bonchev–Trinajstić information content (AvgIpc) is 2.89. The zero-order valence-corrected chi connectivity index (χ0v) is 13.2. The molecule has 2 aliphatic rings. The SMILES string of the molecule is Clc1cccc(-c2cnc3n2C[C@H](CNC2CCC2)OC3)c1. The third kappa shape index (κ3) is 2.78. The largest absolute Gasteiger partial charge is 0.367 e. The fourth-order valence-electron chi connectivity index (χ4n) is 3.09. The van der Waals surface area contributed by atoms with E-state index in [4.69, 9.17) is 16.3 Å². The summed E-state index contributed by atoms with van der Waals surface area (Å²) in [5.41, 5.74) is 2.23. The number of ether oxygens (including phenoxy) is 1. The first kappa shape index (κ1) is 14.2. The topological polar surface area (TPSA) is 39.1 Å². The van der Waals surface area contributed by atoms with Crippen molar-refractivity contribution in [3.05, 3.63) is 41.3 Å². The van der Waals surface area contributed by atoms with Crippen LogP contribution in [0.4, 0.5) is 0 Å². The van der Waals surface area contributed by atoms with E-state index < -0.39 is 0 Å². The first-order valence-corrected chi connectivity index (χ1v) is 8.33. The maximum absolute atomic E-state index is 6.12. The Kier molecular flexibility index (Phi) is 3.90. The second-order valence-corrected chi connectivity index (χ2v) is 6.59. The number of imidazole rings is 1. The summed E-state index contributed by atoms with van der Waals surface area (Å²) in [6, 6.07) is 8.63. The van der Waals surface area contributed by atoms with Crippen LogP contribution >= 0.6 is 11.6 Å². The van der Waals surface area contributed by atoms with Crippen LogP contribution in [0.15, 0.2) is 30.5 Å². The predicted octanol–water partition coefficient (Wildman–Crippen LogP) is 3.24. The Balaban J connectivity index is 1.51. The fourth-order valence-corrected chi connectivity index (χ4v) is 3.28. The van der Waals surface area contributed by atoms with Gasteiger partial charge in [-0.3, -0.25) is 0 Å². The quantitative estimate of drug-likeness (QED) is 0.941. The number of nitrogens with one attached hydrogen (secondary N) is 1. The molecule has 1 aliphatic heterocycles. The molecular formula is C17H20ClN3O. The summed E-state index contributed by atoms with van der Waals surface area (Å²) in [7, 11) is 0. The molecule has 4 rings (SSSR count). The summed E-state index contributed by atoms with van der Waals surface area (Å²) in [5, 5.41) is 4.35. The van der Waals surface area contributed by atoms with Gasteiger partial charge in [0.05, 0.1) is 24.5 Å². The zero-order valence-electron chi connectivity index (χ0n) is 12.5. The fraction of sp³-hybridized carbons (Fsp3) is 0.471. The predicted molar refractivity (Wildman–Crippen MR) is 86.9 cm³/mol. The van der Waals surface area contributed by atoms with Gasteiger partial charge in [-0.25, -0.2) is 4.98 Å². The number of hydrogen-bond acceptors (Lipinski definition) is 3. The molecule has 1 fully saturated rings. The molecule has 0 unspecified atom stereocenters. The van der Waals surface area contributed by atoms with Crippen LogP contribution in [0.3, 0.4) is 0 Å². The standard InChI is InChI=1S/C17H20ClN3O/c18-13-4-1-3-12(7-13)16-9-20-17-11-22-15(10-21(16)17)8-19-14-5-2-6-14/h1,3-4,7,9,14-15,19H,2,5-6,8,10-11H2/t15-/m0/s1. The molecule has 0 spiro atoms. The molecule has 0 amide bonds. The van der Waals surface area contributed by atoms with Crippen LogP contribution < -0.4 is 5.32 Å². The van der Waals surface area contributed by atoms with Crippen molar-refractivity contribution in [2.45, 2.75) is 44.6 Å². The molecule has 0 radical (unpaired) electrons. The minimum atomic E-state index is 0.209. The molecule has 0 saturated heterocycles. The van der Waals surface area contributed by atoms with Gasteiger partial charge in [0.2, 0.25) is 0 Å². The maximum Gasteiger partial charge on any atom is 0.135 e. The Hall–Kier alpha value is -1.36. The van der Waals surface area contributed by atoms with Gasteiger partial charge in [-0.1, -0.05) is 30.2 Å². The van der Waals surface area contributed by atoms with E-state index in [0.717, 1.165) is 35.2 Å². The normalized spacial score (nSPS) is 21.4. The zero-order chi connectivity index (χ0) is 14.9. The van der Waals surface area contributed by atoms with Crippen LogP contribution in [-0.4, -0.2) is 28.2 Å². The number of fused-ring (bicyclic) bond motifs is 1. The molecule has 2 heterocycles. The lowest BCUT2D eigenvalue weighted by molar-refractivity contribution is 0.000526. The summed E-state index contributed by atoms with van der Waals surface area (Å²) < 4.78 is 8.19. The average molecular weight is 318 g/mol. The van der Waals surface area contributed by atoms with Gasteiger partial charge in [0, 0.05) is 23.2 Å². The van der Waals surface area contributed by atoms with Gasteiger partial charge in [0.1, 0.15) is 12.4 Å². The number of nitrogens with zero attached hydrogens (tertiary/aromatic N) is 2. The molecule has 0 bridgehead atoms. The van der Waals surface area contributed by atoms with Crippen molar-refractivity contribution in [3.8, 4) is 11.3 Å². The van der Waals surface area contributed by atoms with Gasteiger partial charge in [0.25, 0.3) is 0 Å². The Morgan fingerprint density at radius 2 is 2.27 bits per heavy atom. The van der Waals surface area contributed by atoms with E-state index >= 15 is 0 Å². The smallest absolute Gasteiger partial charge is 0.135 e. The minimum Gasteiger partial charge on any atom is -0.367 e. The number of halogens is 1. The highest BCUT2D eigenvalue weighted by Gasteiger charge is 2.24. The maximum atomic E-state index is 6.12. The van der Waals surface area contributed by atoms with E-state index in [1.807, 2.05) is 24.4 Å². The molecule has 1 saturated carbocycles. The third-order valence-electron chi connectivity index (χ3n) is 4.63. The third-order valence-corrected chi connectivity index (χ3v) is 4.87. The van der Waals surface area contributed by atoms with Crippen LogP contribution in [0, 0.1) is 0 Å². The first-order chi connectivity index (χ1) is 10.8. The Morgan fingerprint density at radius 1 is 1.36 bits per heavy atom. The van der Waals surface area contributed by atoms with Gasteiger partial charge >= 0.3 is 0 Å². The number of benzene rings is 1. The van der Waals surface area contributed by atoms with Gasteiger partial charge < -0.3 is 14.6 Å². The molecular weight excluding hydrogens is 298 g/mol. The van der Waals surface area contributed by atoms with Crippen molar-refractivity contribution in [2.75, 3.05) is 6.54 Å². The monoisotopic (exact) mass is 317 g/mol. The highest BCUT2D eigenvalue weighted by molar-refractivity contribution is 6.30. The Labute approximate surface area is 135 Å². The second kappa shape index (κ2) is 6.03. The molecule has 1 N–H and O–H groups in total. The molecule has 1 atom stereocenters. The van der Waals surface area contributed by atoms with E-state index in [2.05, 4.69) is 20.9 Å². The highest BCUT2D eigenvalue weighted by atomic mass is 35.5. The Morgan fingerprint density at radius 3 is 3.05 bits per heavy atom. The number of aromatic nitrogens is 2. The second-order valence-electron chi connectivity index (χ2n) is 6.15. The summed E-state index contributed by atoms with van der Waals surface area (Å²) in [5.74, 6) is 0.995. The van der Waals surface area contributed by atoms with Crippen molar-refractivity contribution in [2.24, 2.45) is 0 Å². The lowest BCUT2D eigenvalue weighted by Gasteiger charge is -2.31. The minimum absolute atomic E-state index is 0.209. The van der Waals surface area contributed by atoms with Crippen LogP contribution in [0.5, 0.6) is 0 Å². The molecule has 116 valence electrons. The lowest BCUT2D eigenvalue weighted by Crippen LogP contribution is -2.43. The van der Waals surface area contributed by atoms with Crippen molar-refractivity contribution < 1.29 is 4.74 Å². The van der Waals surface area contributed by atoms with Crippen molar-refractivity contribution >= 4 is 11.6 Å². The van der Waals surface area contributed by atoms with Gasteiger partial charge in [-0.05, 0) is 25.0 Å². The van der Waals surface area contributed by atoms with Crippen LogP contribution in [-0.2, 0) is 17.9 Å². The van der Waals surface area contributed by atoms with Crippen LogP contribution in [0.1, 0.15) is 25.1 Å². The summed E-state index contributed by atoms with van der Waals surface area (Å²) in [6.45, 7) is 2.34. The molecule has 2 aromatic rings. The number of hydrogen-bond donors (Lipinski definition) is 1. The summed E-state index contributed by atoms with van der Waals surface area (Å²) >= 11 is 6.12. The molecule has 22 heavy (non-hydrogen) atoms. The molecule has 5 heteroatoms. The number of rotatable bonds is 4. The lowest BCUT2D eigenvalue weighted by atomic mass is 9.93. The van der Waals surface area contributed by atoms with Crippen LogP contribution in [0.2, 0.25) is 5.02 Å². The molecule has 1 aromatic carbocycles. The molecule has 1 aliphatic carbocycles. The van der Waals surface area contributed by atoms with Gasteiger partial charge in [-0.2, -0.15) is 0 Å². The molecule has 4 nitrogen and oxygen atoms in total. The van der Waals surface area contributed by atoms with Gasteiger partial charge in [-0.15, -0.1) is 0 Å². The summed E-state index contributed by atoms with van der Waals surface area (Å²) in [4.78, 5) is 4.49. The Bertz CT molecular complexity index is 666. The van der Waals surface area contributed by atoms with Crippen LogP contribution in [0.25, 0.3) is 11.3 Å². The van der Waals surface area contributed by atoms with E-state index in [1.165, 1.54) is 19.3 Å². The van der Waals surface area contributed by atoms with Crippen molar-refractivity contribution in [1.29, 1.82) is 0 Å². The van der Waals surface area contributed by atoms with Crippen molar-refractivity contribution in [3.63, 3.8) is 0 Å². The van der Waals surface area contributed by atoms with E-state index in [9.17, 15) is 0 Å². The summed E-state index contributed by atoms with van der Waals surface area (Å²) in [6.07, 6.45) is 6.09.